The summed E-state index contributed by atoms with van der Waals surface area (Å²) in [7, 11) is 3.67. The largest absolute Gasteiger partial charge is 0.340 e. The first-order valence-corrected chi connectivity index (χ1v) is 7.55. The van der Waals surface area contributed by atoms with E-state index in [9.17, 15) is 4.79 Å². The summed E-state index contributed by atoms with van der Waals surface area (Å²) < 4.78 is 1.83. The van der Waals surface area contributed by atoms with Gasteiger partial charge in [0, 0.05) is 26.9 Å². The van der Waals surface area contributed by atoms with Gasteiger partial charge >= 0.3 is 0 Å². The Labute approximate surface area is 134 Å². The quantitative estimate of drug-likeness (QED) is 0.776. The average molecular weight is 312 g/mol. The molecule has 1 N–H and O–H groups in total. The first-order valence-electron chi connectivity index (χ1n) is 7.55. The molecule has 0 aliphatic carbocycles. The number of hydrogen-bond acceptors (Lipinski definition) is 4. The zero-order valence-corrected chi connectivity index (χ0v) is 13.6. The lowest BCUT2D eigenvalue weighted by Crippen LogP contribution is -2.27. The van der Waals surface area contributed by atoms with E-state index in [-0.39, 0.29) is 5.91 Å². The van der Waals surface area contributed by atoms with Crippen LogP contribution in [0, 0.1) is 6.92 Å². The summed E-state index contributed by atoms with van der Waals surface area (Å²) in [6.07, 6.45) is 2.63. The Morgan fingerprint density at radius 3 is 2.91 bits per heavy atom. The molecule has 0 spiro atoms. The van der Waals surface area contributed by atoms with E-state index >= 15 is 0 Å². The molecule has 0 radical (unpaired) electrons. The maximum absolute atomic E-state index is 12.3. The van der Waals surface area contributed by atoms with Crippen molar-refractivity contribution >= 4 is 16.9 Å². The van der Waals surface area contributed by atoms with Crippen LogP contribution >= 0.6 is 0 Å². The van der Waals surface area contributed by atoms with Crippen molar-refractivity contribution in [1.82, 2.24) is 29.6 Å². The molecule has 0 saturated carbocycles. The Bertz CT molecular complexity index is 834. The van der Waals surface area contributed by atoms with E-state index in [1.165, 1.54) is 0 Å². The van der Waals surface area contributed by atoms with Crippen molar-refractivity contribution in [2.45, 2.75) is 26.3 Å². The summed E-state index contributed by atoms with van der Waals surface area (Å²) in [4.78, 5) is 21.8. The number of hydrogen-bond donors (Lipinski definition) is 1. The number of carbonyl (C=O) groups excluding carboxylic acids is 1. The fourth-order valence-corrected chi connectivity index (χ4v) is 2.56. The fourth-order valence-electron chi connectivity index (χ4n) is 2.56. The fraction of sp³-hybridized carbons (Fsp3) is 0.375. The highest BCUT2D eigenvalue weighted by Gasteiger charge is 2.13. The van der Waals surface area contributed by atoms with Gasteiger partial charge in [0.15, 0.2) is 0 Å². The minimum Gasteiger partial charge on any atom is -0.340 e. The molecule has 0 bridgehead atoms. The zero-order valence-electron chi connectivity index (χ0n) is 13.6. The molecular formula is C16H20N6O. The lowest BCUT2D eigenvalue weighted by Gasteiger charge is -2.15. The van der Waals surface area contributed by atoms with Crippen LogP contribution in [-0.4, -0.2) is 42.6 Å². The number of aromatic amines is 1. The first-order chi connectivity index (χ1) is 11.0. The number of amides is 1. The molecular weight excluding hydrogens is 292 g/mol. The molecule has 0 aliphatic rings. The first kappa shape index (κ1) is 15.2. The Morgan fingerprint density at radius 1 is 1.39 bits per heavy atom. The molecule has 0 fully saturated rings. The highest BCUT2D eigenvalue weighted by atomic mass is 16.2. The highest BCUT2D eigenvalue weighted by molar-refractivity contribution is 5.79. The van der Waals surface area contributed by atoms with E-state index in [0.29, 0.717) is 19.4 Å². The molecule has 0 saturated heterocycles. The maximum atomic E-state index is 12.3. The molecule has 0 unspecified atom stereocenters. The molecule has 1 aromatic carbocycles. The molecule has 2 heterocycles. The number of benzene rings is 1. The van der Waals surface area contributed by atoms with Crippen molar-refractivity contribution in [1.29, 1.82) is 0 Å². The van der Waals surface area contributed by atoms with Crippen LogP contribution < -0.4 is 0 Å². The lowest BCUT2D eigenvalue weighted by molar-refractivity contribution is -0.130. The van der Waals surface area contributed by atoms with Gasteiger partial charge in [0.1, 0.15) is 18.0 Å². The van der Waals surface area contributed by atoms with Crippen LogP contribution in [-0.2, 0) is 24.8 Å². The maximum Gasteiger partial charge on any atom is 0.223 e. The van der Waals surface area contributed by atoms with Crippen LogP contribution in [0.5, 0.6) is 0 Å². The van der Waals surface area contributed by atoms with E-state index in [1.807, 2.05) is 36.7 Å². The van der Waals surface area contributed by atoms with Crippen molar-refractivity contribution in [3.63, 3.8) is 0 Å². The Kier molecular flexibility index (Phi) is 4.10. The molecule has 3 aromatic rings. The molecule has 23 heavy (non-hydrogen) atoms. The van der Waals surface area contributed by atoms with Crippen LogP contribution in [0.4, 0.5) is 0 Å². The Morgan fingerprint density at radius 2 is 2.22 bits per heavy atom. The Hall–Kier alpha value is -2.70. The van der Waals surface area contributed by atoms with Gasteiger partial charge in [-0.05, 0) is 18.6 Å². The number of nitrogens with zero attached hydrogens (tertiary/aromatic N) is 5. The number of para-hydroxylation sites is 1. The van der Waals surface area contributed by atoms with Gasteiger partial charge in [-0.15, -0.1) is 10.2 Å². The zero-order chi connectivity index (χ0) is 16.4. The number of aromatic nitrogens is 5. The monoisotopic (exact) mass is 312 g/mol. The van der Waals surface area contributed by atoms with Crippen molar-refractivity contribution in [2.75, 3.05) is 7.05 Å². The van der Waals surface area contributed by atoms with Crippen LogP contribution in [0.15, 0.2) is 24.5 Å². The standard InChI is InChI=1S/C16H20N6O/c1-11-5-4-6-12-16(11)19-13(18-12)9-21(2)15(23)8-7-14-20-17-10-22(14)3/h4-6,10H,7-9H2,1-3H3,(H,18,19). The van der Waals surface area contributed by atoms with Crippen molar-refractivity contribution < 1.29 is 4.79 Å². The molecule has 0 atom stereocenters. The third-order valence-corrected chi connectivity index (χ3v) is 3.94. The van der Waals surface area contributed by atoms with Gasteiger partial charge in [-0.25, -0.2) is 4.98 Å². The number of aryl methyl sites for hydroxylation is 3. The second-order valence-electron chi connectivity index (χ2n) is 5.76. The average Bonchev–Trinajstić information content (AvgIpc) is 3.11. The molecule has 2 aromatic heterocycles. The predicted molar refractivity (Wildman–Crippen MR) is 86.6 cm³/mol. The molecule has 120 valence electrons. The second-order valence-corrected chi connectivity index (χ2v) is 5.76. The summed E-state index contributed by atoms with van der Waals surface area (Å²) in [6, 6.07) is 6.02. The van der Waals surface area contributed by atoms with E-state index in [1.54, 1.807) is 18.3 Å². The van der Waals surface area contributed by atoms with Gasteiger partial charge < -0.3 is 14.5 Å². The number of fused-ring (bicyclic) bond motifs is 1. The van der Waals surface area contributed by atoms with Gasteiger partial charge in [0.05, 0.1) is 17.6 Å². The molecule has 7 heteroatoms. The van der Waals surface area contributed by atoms with Crippen LogP contribution in [0.2, 0.25) is 0 Å². The third-order valence-electron chi connectivity index (χ3n) is 3.94. The van der Waals surface area contributed by atoms with E-state index in [4.69, 9.17) is 0 Å². The van der Waals surface area contributed by atoms with Crippen molar-refractivity contribution in [2.24, 2.45) is 7.05 Å². The van der Waals surface area contributed by atoms with Crippen molar-refractivity contribution in [3.8, 4) is 0 Å². The summed E-state index contributed by atoms with van der Waals surface area (Å²) in [5.41, 5.74) is 3.09. The minimum atomic E-state index is 0.0604. The summed E-state index contributed by atoms with van der Waals surface area (Å²) in [5.74, 6) is 1.67. The lowest BCUT2D eigenvalue weighted by atomic mass is 10.2. The summed E-state index contributed by atoms with van der Waals surface area (Å²) in [5, 5.41) is 7.81. The normalized spacial score (nSPS) is 11.1. The van der Waals surface area contributed by atoms with Crippen LogP contribution in [0.3, 0.4) is 0 Å². The third kappa shape index (κ3) is 3.23. The highest BCUT2D eigenvalue weighted by Crippen LogP contribution is 2.16. The van der Waals surface area contributed by atoms with Gasteiger partial charge in [-0.1, -0.05) is 12.1 Å². The predicted octanol–water partition coefficient (Wildman–Crippen LogP) is 1.59. The Balaban J connectivity index is 1.63. The van der Waals surface area contributed by atoms with Crippen LogP contribution in [0.1, 0.15) is 23.6 Å². The smallest absolute Gasteiger partial charge is 0.223 e. The number of imidazole rings is 1. The number of nitrogens with one attached hydrogen (secondary N) is 1. The number of rotatable bonds is 5. The number of carbonyl (C=O) groups is 1. The summed E-state index contributed by atoms with van der Waals surface area (Å²) in [6.45, 7) is 2.49. The van der Waals surface area contributed by atoms with Crippen LogP contribution in [0.25, 0.3) is 11.0 Å². The summed E-state index contributed by atoms with van der Waals surface area (Å²) >= 11 is 0. The molecule has 3 rings (SSSR count). The molecule has 0 aliphatic heterocycles. The molecule has 1 amide bonds. The van der Waals surface area contributed by atoms with Crippen molar-refractivity contribution in [3.05, 3.63) is 41.7 Å². The topological polar surface area (TPSA) is 79.7 Å². The van der Waals surface area contributed by atoms with Gasteiger partial charge in [-0.2, -0.15) is 0 Å². The van der Waals surface area contributed by atoms with Gasteiger partial charge in [-0.3, -0.25) is 4.79 Å². The second kappa shape index (κ2) is 6.20. The van der Waals surface area contributed by atoms with Gasteiger partial charge in [0.2, 0.25) is 5.91 Å². The van der Waals surface area contributed by atoms with E-state index < -0.39 is 0 Å². The number of H-pyrrole nitrogens is 1. The molecule has 7 nitrogen and oxygen atoms in total. The van der Waals surface area contributed by atoms with Gasteiger partial charge in [0.25, 0.3) is 0 Å². The minimum absolute atomic E-state index is 0.0604. The van der Waals surface area contributed by atoms with E-state index in [0.717, 1.165) is 28.2 Å². The van der Waals surface area contributed by atoms with E-state index in [2.05, 4.69) is 20.2 Å². The SMILES string of the molecule is Cc1cccc2[nH]c(CN(C)C(=O)CCc3nncn3C)nc12.